The lowest BCUT2D eigenvalue weighted by molar-refractivity contribution is -0.122. The van der Waals surface area contributed by atoms with E-state index in [2.05, 4.69) is 33.7 Å². The van der Waals surface area contributed by atoms with E-state index in [4.69, 9.17) is 0 Å². The number of aromatic nitrogens is 4. The van der Waals surface area contributed by atoms with Crippen molar-refractivity contribution in [3.63, 3.8) is 0 Å². The summed E-state index contributed by atoms with van der Waals surface area (Å²) in [6.45, 7) is 4.71. The number of thiophene rings is 1. The van der Waals surface area contributed by atoms with E-state index < -0.39 is 0 Å². The molecule has 1 N–H and O–H groups in total. The molecule has 0 saturated carbocycles. The second kappa shape index (κ2) is 7.35. The topological polar surface area (TPSA) is 72.7 Å². The minimum atomic E-state index is -0.129. The van der Waals surface area contributed by atoms with Gasteiger partial charge in [0, 0.05) is 15.3 Å². The van der Waals surface area contributed by atoms with Crippen molar-refractivity contribution in [1.29, 1.82) is 0 Å². The number of nitrogens with zero attached hydrogens (tertiary/aromatic N) is 4. The van der Waals surface area contributed by atoms with Gasteiger partial charge in [-0.05, 0) is 36.3 Å². The molecule has 0 fully saturated rings. The molecule has 0 aliphatic rings. The van der Waals surface area contributed by atoms with E-state index in [9.17, 15) is 4.79 Å². The Morgan fingerprint density at radius 2 is 2.00 bits per heavy atom. The van der Waals surface area contributed by atoms with Gasteiger partial charge >= 0.3 is 0 Å². The van der Waals surface area contributed by atoms with Crippen molar-refractivity contribution in [1.82, 2.24) is 25.5 Å². The Morgan fingerprint density at radius 1 is 1.21 bits per heavy atom. The lowest BCUT2D eigenvalue weighted by atomic mass is 10.1. The Kier molecular flexibility index (Phi) is 5.00. The van der Waals surface area contributed by atoms with Crippen molar-refractivity contribution in [2.24, 2.45) is 0 Å². The van der Waals surface area contributed by atoms with Crippen LogP contribution in [0.15, 0.2) is 36.4 Å². The van der Waals surface area contributed by atoms with Gasteiger partial charge in [-0.15, -0.1) is 21.5 Å². The van der Waals surface area contributed by atoms with Gasteiger partial charge in [0.2, 0.25) is 11.7 Å². The molecule has 0 spiro atoms. The van der Waals surface area contributed by atoms with Gasteiger partial charge < -0.3 is 5.32 Å². The number of benzene rings is 1. The van der Waals surface area contributed by atoms with Crippen LogP contribution < -0.4 is 5.32 Å². The van der Waals surface area contributed by atoms with Crippen LogP contribution in [-0.2, 0) is 24.3 Å². The van der Waals surface area contributed by atoms with Gasteiger partial charge in [-0.1, -0.05) is 31.2 Å². The van der Waals surface area contributed by atoms with Crippen LogP contribution in [0.4, 0.5) is 0 Å². The second-order valence-electron chi connectivity index (χ2n) is 5.46. The number of rotatable bonds is 6. The average Bonchev–Trinajstić information content (AvgIpc) is 3.22. The number of carbonyl (C=O) groups excluding carboxylic acids is 1. The van der Waals surface area contributed by atoms with Gasteiger partial charge in [0.25, 0.3) is 0 Å². The first-order chi connectivity index (χ1) is 11.7. The summed E-state index contributed by atoms with van der Waals surface area (Å²) in [6.07, 6.45) is 1.02. The van der Waals surface area contributed by atoms with E-state index in [0.717, 1.165) is 22.4 Å². The van der Waals surface area contributed by atoms with E-state index >= 15 is 0 Å². The van der Waals surface area contributed by atoms with Gasteiger partial charge in [-0.3, -0.25) is 4.79 Å². The van der Waals surface area contributed by atoms with E-state index in [1.54, 1.807) is 11.3 Å². The molecule has 24 heavy (non-hydrogen) atoms. The molecule has 1 amide bonds. The molecule has 124 valence electrons. The number of carbonyl (C=O) groups is 1. The van der Waals surface area contributed by atoms with Gasteiger partial charge in [0.15, 0.2) is 0 Å². The van der Waals surface area contributed by atoms with Gasteiger partial charge in [-0.25, -0.2) is 0 Å². The maximum atomic E-state index is 12.0. The largest absolute Gasteiger partial charge is 0.350 e. The number of aryl methyl sites for hydroxylation is 2. The fraction of sp³-hybridized carbons (Fsp3) is 0.294. The molecule has 0 radical (unpaired) electrons. The average molecular weight is 341 g/mol. The Hall–Kier alpha value is -2.54. The van der Waals surface area contributed by atoms with Crippen molar-refractivity contribution < 1.29 is 4.79 Å². The van der Waals surface area contributed by atoms with Crippen LogP contribution in [0.5, 0.6) is 0 Å². The summed E-state index contributed by atoms with van der Waals surface area (Å²) < 4.78 is 0. The van der Waals surface area contributed by atoms with Crippen molar-refractivity contribution in [2.75, 3.05) is 0 Å². The van der Waals surface area contributed by atoms with Crippen molar-refractivity contribution in [2.45, 2.75) is 33.4 Å². The van der Waals surface area contributed by atoms with Crippen LogP contribution in [0.2, 0.25) is 0 Å². The summed E-state index contributed by atoms with van der Waals surface area (Å²) in [5.74, 6) is 0.405. The summed E-state index contributed by atoms with van der Waals surface area (Å²) in [7, 11) is 0. The molecule has 0 unspecified atom stereocenters. The summed E-state index contributed by atoms with van der Waals surface area (Å²) in [4.78, 5) is 15.8. The first-order valence-corrected chi connectivity index (χ1v) is 8.65. The predicted octanol–water partition coefficient (Wildman–Crippen LogP) is 2.59. The van der Waals surface area contributed by atoms with Crippen LogP contribution >= 0.6 is 11.3 Å². The fourth-order valence-electron chi connectivity index (χ4n) is 2.32. The molecule has 3 aromatic rings. The van der Waals surface area contributed by atoms with E-state index in [1.165, 1.54) is 9.67 Å². The standard InChI is InChI=1S/C17H19N5OS/c1-3-13-8-9-14(24-13)10-18-16(23)11-22-20-17(19-21-22)15-7-5-4-6-12(15)2/h4-9H,3,10-11H2,1-2H3,(H,18,23). The quantitative estimate of drug-likeness (QED) is 0.748. The lowest BCUT2D eigenvalue weighted by Crippen LogP contribution is -2.27. The molecule has 0 aliphatic heterocycles. The lowest BCUT2D eigenvalue weighted by Gasteiger charge is -2.02. The summed E-state index contributed by atoms with van der Waals surface area (Å²) in [5.41, 5.74) is 2.00. The zero-order valence-electron chi connectivity index (χ0n) is 13.7. The zero-order valence-corrected chi connectivity index (χ0v) is 14.5. The summed E-state index contributed by atoms with van der Waals surface area (Å²) in [5, 5.41) is 15.2. The molecule has 7 heteroatoms. The Balaban J connectivity index is 1.58. The molecule has 1 aromatic carbocycles. The number of hydrogen-bond acceptors (Lipinski definition) is 5. The maximum Gasteiger partial charge on any atom is 0.243 e. The molecule has 6 nitrogen and oxygen atoms in total. The number of nitrogens with one attached hydrogen (secondary N) is 1. The van der Waals surface area contributed by atoms with E-state index in [1.807, 2.05) is 37.3 Å². The maximum absolute atomic E-state index is 12.0. The van der Waals surface area contributed by atoms with E-state index in [0.29, 0.717) is 12.4 Å². The monoisotopic (exact) mass is 341 g/mol. The first-order valence-electron chi connectivity index (χ1n) is 7.84. The molecule has 2 heterocycles. The first kappa shape index (κ1) is 16.3. The van der Waals surface area contributed by atoms with Gasteiger partial charge in [0.05, 0.1) is 6.54 Å². The smallest absolute Gasteiger partial charge is 0.243 e. The summed E-state index contributed by atoms with van der Waals surface area (Å²) >= 11 is 1.72. The van der Waals surface area contributed by atoms with Crippen LogP contribution in [0.3, 0.4) is 0 Å². The van der Waals surface area contributed by atoms with Crippen LogP contribution in [0, 0.1) is 6.92 Å². The second-order valence-corrected chi connectivity index (χ2v) is 6.71. The molecular weight excluding hydrogens is 322 g/mol. The number of hydrogen-bond donors (Lipinski definition) is 1. The molecule has 0 saturated heterocycles. The third-order valence-electron chi connectivity index (χ3n) is 3.65. The highest BCUT2D eigenvalue weighted by Crippen LogP contribution is 2.18. The van der Waals surface area contributed by atoms with Crippen molar-refractivity contribution >= 4 is 17.2 Å². The highest BCUT2D eigenvalue weighted by atomic mass is 32.1. The third kappa shape index (κ3) is 3.86. The molecule has 0 atom stereocenters. The minimum Gasteiger partial charge on any atom is -0.350 e. The molecule has 0 bridgehead atoms. The third-order valence-corrected chi connectivity index (χ3v) is 4.88. The highest BCUT2D eigenvalue weighted by molar-refractivity contribution is 7.11. The summed E-state index contributed by atoms with van der Waals surface area (Å²) in [6, 6.07) is 12.0. The van der Waals surface area contributed by atoms with Crippen molar-refractivity contribution in [3.8, 4) is 11.4 Å². The highest BCUT2D eigenvalue weighted by Gasteiger charge is 2.11. The minimum absolute atomic E-state index is 0.0604. The van der Waals surface area contributed by atoms with E-state index in [-0.39, 0.29) is 12.5 Å². The van der Waals surface area contributed by atoms with Crippen LogP contribution in [0.25, 0.3) is 11.4 Å². The number of tetrazole rings is 1. The van der Waals surface area contributed by atoms with Crippen LogP contribution in [-0.4, -0.2) is 26.1 Å². The fourth-order valence-corrected chi connectivity index (χ4v) is 3.22. The molecule has 0 aliphatic carbocycles. The molecule has 3 rings (SSSR count). The predicted molar refractivity (Wildman–Crippen MR) is 93.5 cm³/mol. The Bertz CT molecular complexity index is 839. The Morgan fingerprint density at radius 3 is 2.75 bits per heavy atom. The van der Waals surface area contributed by atoms with Gasteiger partial charge in [0.1, 0.15) is 6.54 Å². The van der Waals surface area contributed by atoms with Gasteiger partial charge in [-0.2, -0.15) is 4.80 Å². The normalized spacial score (nSPS) is 10.8. The van der Waals surface area contributed by atoms with Crippen LogP contribution in [0.1, 0.15) is 22.2 Å². The Labute approximate surface area is 144 Å². The molecule has 2 aromatic heterocycles. The zero-order chi connectivity index (χ0) is 16.9. The molecular formula is C17H19N5OS. The number of amides is 1. The SMILES string of the molecule is CCc1ccc(CNC(=O)Cn2nnc(-c3ccccc3C)n2)s1. The van der Waals surface area contributed by atoms with Crippen molar-refractivity contribution in [3.05, 3.63) is 51.7 Å².